The largest absolute Gasteiger partial charge is 0.451 e. The molecule has 2 aromatic carbocycles. The SMILES string of the molecule is CS(=O)Cc1cc(NC(=O)c2ccc(-c3cccc(C(F)(F)F)c3)o2)ccc1Cl. The molecule has 0 aliphatic rings. The standard InChI is InChI=1S/C20H15ClF3NO3S/c1-29(27)11-13-10-15(5-6-16(13)21)25-19(26)18-8-7-17(28-18)12-3-2-4-14(9-12)20(22,23)24/h2-10H,11H2,1H3,(H,25,26). The van der Waals surface area contributed by atoms with Gasteiger partial charge in [0.1, 0.15) is 5.76 Å². The highest BCUT2D eigenvalue weighted by Crippen LogP contribution is 2.32. The number of alkyl halides is 3. The van der Waals surface area contributed by atoms with Crippen molar-refractivity contribution in [1.29, 1.82) is 0 Å². The van der Waals surface area contributed by atoms with Gasteiger partial charge in [-0.15, -0.1) is 0 Å². The molecule has 152 valence electrons. The van der Waals surface area contributed by atoms with E-state index in [9.17, 15) is 22.2 Å². The van der Waals surface area contributed by atoms with Crippen molar-refractivity contribution in [3.05, 3.63) is 76.5 Å². The number of hydrogen-bond acceptors (Lipinski definition) is 3. The van der Waals surface area contributed by atoms with Crippen molar-refractivity contribution in [2.45, 2.75) is 11.9 Å². The molecule has 1 N–H and O–H groups in total. The highest BCUT2D eigenvalue weighted by atomic mass is 35.5. The molecule has 1 atom stereocenters. The zero-order valence-corrected chi connectivity index (χ0v) is 16.6. The molecule has 9 heteroatoms. The van der Waals surface area contributed by atoms with E-state index in [0.29, 0.717) is 16.3 Å². The number of nitrogens with one attached hydrogen (secondary N) is 1. The normalized spacial score (nSPS) is 12.6. The van der Waals surface area contributed by atoms with Gasteiger partial charge in [-0.25, -0.2) is 0 Å². The highest BCUT2D eigenvalue weighted by Gasteiger charge is 2.30. The van der Waals surface area contributed by atoms with E-state index >= 15 is 0 Å². The number of amides is 1. The van der Waals surface area contributed by atoms with Gasteiger partial charge in [-0.3, -0.25) is 9.00 Å². The molecule has 0 spiro atoms. The zero-order valence-electron chi connectivity index (χ0n) is 15.0. The Bertz CT molecular complexity index is 1080. The third kappa shape index (κ3) is 5.27. The lowest BCUT2D eigenvalue weighted by Crippen LogP contribution is -2.11. The molecule has 1 aromatic heterocycles. The second-order valence-electron chi connectivity index (χ2n) is 6.22. The molecule has 0 radical (unpaired) electrons. The summed E-state index contributed by atoms with van der Waals surface area (Å²) in [4.78, 5) is 12.4. The maximum atomic E-state index is 12.9. The molecule has 0 bridgehead atoms. The van der Waals surface area contributed by atoms with Crippen LogP contribution < -0.4 is 5.32 Å². The maximum absolute atomic E-state index is 12.9. The lowest BCUT2D eigenvalue weighted by atomic mass is 10.1. The number of furan rings is 1. The summed E-state index contributed by atoms with van der Waals surface area (Å²) in [6.45, 7) is 0. The van der Waals surface area contributed by atoms with Crippen LogP contribution in [-0.4, -0.2) is 16.4 Å². The van der Waals surface area contributed by atoms with Crippen LogP contribution in [-0.2, 0) is 22.7 Å². The summed E-state index contributed by atoms with van der Waals surface area (Å²) in [6.07, 6.45) is -2.93. The Morgan fingerprint density at radius 2 is 1.90 bits per heavy atom. The number of halogens is 4. The van der Waals surface area contributed by atoms with Crippen molar-refractivity contribution >= 4 is 34.0 Å². The second-order valence-corrected chi connectivity index (χ2v) is 8.06. The monoisotopic (exact) mass is 441 g/mol. The fourth-order valence-corrected chi connectivity index (χ4v) is 3.58. The first-order valence-corrected chi connectivity index (χ1v) is 10.4. The molecule has 0 saturated heterocycles. The van der Waals surface area contributed by atoms with Crippen LogP contribution in [0.4, 0.5) is 18.9 Å². The third-order valence-corrected chi connectivity index (χ3v) is 5.05. The van der Waals surface area contributed by atoms with Crippen molar-refractivity contribution in [1.82, 2.24) is 0 Å². The molecule has 3 rings (SSSR count). The summed E-state index contributed by atoms with van der Waals surface area (Å²) in [6, 6.07) is 12.2. The Kier molecular flexibility index (Phi) is 6.14. The van der Waals surface area contributed by atoms with Gasteiger partial charge < -0.3 is 9.73 Å². The van der Waals surface area contributed by atoms with Crippen molar-refractivity contribution in [3.63, 3.8) is 0 Å². The Morgan fingerprint density at radius 1 is 1.14 bits per heavy atom. The van der Waals surface area contributed by atoms with E-state index in [-0.39, 0.29) is 22.8 Å². The van der Waals surface area contributed by atoms with Crippen LogP contribution in [0.15, 0.2) is 59.0 Å². The van der Waals surface area contributed by atoms with E-state index in [2.05, 4.69) is 5.32 Å². The van der Waals surface area contributed by atoms with Gasteiger partial charge in [0.15, 0.2) is 5.76 Å². The number of hydrogen-bond donors (Lipinski definition) is 1. The molecule has 1 unspecified atom stereocenters. The van der Waals surface area contributed by atoms with Crippen molar-refractivity contribution < 1.29 is 26.6 Å². The summed E-state index contributed by atoms with van der Waals surface area (Å²) >= 11 is 6.06. The third-order valence-electron chi connectivity index (χ3n) is 3.97. The molecule has 0 fully saturated rings. The van der Waals surface area contributed by atoms with Crippen LogP contribution in [0.2, 0.25) is 5.02 Å². The van der Waals surface area contributed by atoms with Gasteiger partial charge in [0, 0.05) is 39.1 Å². The van der Waals surface area contributed by atoms with Crippen molar-refractivity contribution in [3.8, 4) is 11.3 Å². The summed E-state index contributed by atoms with van der Waals surface area (Å²) in [7, 11) is -1.11. The summed E-state index contributed by atoms with van der Waals surface area (Å²) in [5.74, 6) is -0.260. The molecular formula is C20H15ClF3NO3S. The van der Waals surface area contributed by atoms with E-state index in [0.717, 1.165) is 12.1 Å². The second kappa shape index (κ2) is 8.42. The minimum Gasteiger partial charge on any atom is -0.451 e. The predicted octanol–water partition coefficient (Wildman–Crippen LogP) is 5.75. The van der Waals surface area contributed by atoms with Crippen LogP contribution in [0.25, 0.3) is 11.3 Å². The average Bonchev–Trinajstić information content (AvgIpc) is 3.14. The van der Waals surface area contributed by atoms with E-state index < -0.39 is 28.4 Å². The molecule has 0 aliphatic carbocycles. The fourth-order valence-electron chi connectivity index (χ4n) is 2.64. The van der Waals surface area contributed by atoms with E-state index in [1.54, 1.807) is 24.5 Å². The van der Waals surface area contributed by atoms with Crippen LogP contribution in [0.3, 0.4) is 0 Å². The molecule has 29 heavy (non-hydrogen) atoms. The van der Waals surface area contributed by atoms with Gasteiger partial charge >= 0.3 is 6.18 Å². The van der Waals surface area contributed by atoms with E-state index in [1.807, 2.05) is 0 Å². The summed E-state index contributed by atoms with van der Waals surface area (Å²) in [5.41, 5.74) is 0.448. The van der Waals surface area contributed by atoms with E-state index in [1.165, 1.54) is 24.3 Å². The van der Waals surface area contributed by atoms with Crippen LogP contribution in [0.1, 0.15) is 21.7 Å². The van der Waals surface area contributed by atoms with Gasteiger partial charge in [-0.2, -0.15) is 13.2 Å². The lowest BCUT2D eigenvalue weighted by Gasteiger charge is -2.08. The van der Waals surface area contributed by atoms with Crippen LogP contribution in [0.5, 0.6) is 0 Å². The van der Waals surface area contributed by atoms with Gasteiger partial charge in [0.25, 0.3) is 5.91 Å². The maximum Gasteiger partial charge on any atom is 0.416 e. The minimum absolute atomic E-state index is 0.0621. The van der Waals surface area contributed by atoms with Gasteiger partial charge in [-0.05, 0) is 48.0 Å². The number of benzene rings is 2. The summed E-state index contributed by atoms with van der Waals surface area (Å²) in [5, 5.41) is 3.06. The number of rotatable bonds is 5. The first kappa shape index (κ1) is 21.1. The van der Waals surface area contributed by atoms with Crippen LogP contribution >= 0.6 is 11.6 Å². The average molecular weight is 442 g/mol. The van der Waals surface area contributed by atoms with Crippen molar-refractivity contribution in [2.75, 3.05) is 11.6 Å². The van der Waals surface area contributed by atoms with Gasteiger partial charge in [0.05, 0.1) is 5.56 Å². The molecular weight excluding hydrogens is 427 g/mol. The van der Waals surface area contributed by atoms with Crippen LogP contribution in [0, 0.1) is 0 Å². The molecule has 1 amide bonds. The molecule has 3 aromatic rings. The van der Waals surface area contributed by atoms with Crippen molar-refractivity contribution in [2.24, 2.45) is 0 Å². The number of carbonyl (C=O) groups is 1. The van der Waals surface area contributed by atoms with Gasteiger partial charge in [0.2, 0.25) is 0 Å². The predicted molar refractivity (Wildman–Crippen MR) is 106 cm³/mol. The zero-order chi connectivity index (χ0) is 21.2. The first-order chi connectivity index (χ1) is 13.6. The molecule has 4 nitrogen and oxygen atoms in total. The smallest absolute Gasteiger partial charge is 0.416 e. The topological polar surface area (TPSA) is 59.3 Å². The molecule has 1 heterocycles. The number of carbonyl (C=O) groups excluding carboxylic acids is 1. The molecule has 0 saturated carbocycles. The highest BCUT2D eigenvalue weighted by molar-refractivity contribution is 7.83. The summed E-state index contributed by atoms with van der Waals surface area (Å²) < 4.78 is 55.5. The quantitative estimate of drug-likeness (QED) is 0.548. The number of anilines is 1. The Balaban J connectivity index is 1.79. The lowest BCUT2D eigenvalue weighted by molar-refractivity contribution is -0.137. The fraction of sp³-hybridized carbons (Fsp3) is 0.150. The Hall–Kier alpha value is -2.58. The van der Waals surface area contributed by atoms with Gasteiger partial charge in [-0.1, -0.05) is 23.7 Å². The molecule has 0 aliphatic heterocycles. The minimum atomic E-state index is -4.47. The van der Waals surface area contributed by atoms with E-state index in [4.69, 9.17) is 16.0 Å². The Labute approximate surface area is 172 Å². The first-order valence-electron chi connectivity index (χ1n) is 8.31. The Morgan fingerprint density at radius 3 is 2.59 bits per heavy atom.